The molecule has 0 spiro atoms. The third-order valence-electron chi connectivity index (χ3n) is 5.33. The van der Waals surface area contributed by atoms with Gasteiger partial charge < -0.3 is 15.0 Å². The molecule has 1 saturated heterocycles. The zero-order valence-electron chi connectivity index (χ0n) is 19.3. The SMILES string of the molecule is Cc1cc(NS(=O)(=O)c2ccc(NC(=O)C3COCC(=O)N3Cc3ccccc3)cc2)nc(C)n1. The van der Waals surface area contributed by atoms with Crippen LogP contribution in [0.5, 0.6) is 0 Å². The molecule has 2 amide bonds. The van der Waals surface area contributed by atoms with Crippen LogP contribution in [0.4, 0.5) is 11.5 Å². The van der Waals surface area contributed by atoms with Crippen LogP contribution in [0.1, 0.15) is 17.1 Å². The number of carbonyl (C=O) groups is 2. The van der Waals surface area contributed by atoms with Gasteiger partial charge in [0.05, 0.1) is 11.5 Å². The van der Waals surface area contributed by atoms with Crippen LogP contribution in [0.15, 0.2) is 65.6 Å². The summed E-state index contributed by atoms with van der Waals surface area (Å²) in [6.45, 7) is 3.69. The minimum atomic E-state index is -3.89. The minimum Gasteiger partial charge on any atom is -0.369 e. The van der Waals surface area contributed by atoms with Crippen molar-refractivity contribution >= 4 is 33.3 Å². The first kappa shape index (κ1) is 24.3. The molecule has 1 aromatic heterocycles. The number of aryl methyl sites for hydroxylation is 2. The summed E-state index contributed by atoms with van der Waals surface area (Å²) in [5, 5.41) is 2.74. The van der Waals surface area contributed by atoms with Crippen LogP contribution in [0.2, 0.25) is 0 Å². The van der Waals surface area contributed by atoms with Gasteiger partial charge in [-0.1, -0.05) is 30.3 Å². The number of aromatic nitrogens is 2. The van der Waals surface area contributed by atoms with E-state index in [1.54, 1.807) is 13.8 Å². The molecule has 0 saturated carbocycles. The number of amides is 2. The van der Waals surface area contributed by atoms with E-state index < -0.39 is 22.0 Å². The number of sulfonamides is 1. The topological polar surface area (TPSA) is 131 Å². The van der Waals surface area contributed by atoms with Gasteiger partial charge in [-0.25, -0.2) is 18.4 Å². The molecule has 2 heterocycles. The fourth-order valence-corrected chi connectivity index (χ4v) is 4.70. The Kier molecular flexibility index (Phi) is 7.08. The zero-order valence-corrected chi connectivity index (χ0v) is 20.1. The lowest BCUT2D eigenvalue weighted by atomic mass is 10.1. The van der Waals surface area contributed by atoms with Gasteiger partial charge >= 0.3 is 0 Å². The smallest absolute Gasteiger partial charge is 0.263 e. The Labute approximate surface area is 203 Å². The highest BCUT2D eigenvalue weighted by Crippen LogP contribution is 2.20. The van der Waals surface area contributed by atoms with Gasteiger partial charge in [0.15, 0.2) is 0 Å². The molecular weight excluding hydrogens is 470 g/mol. The lowest BCUT2D eigenvalue weighted by Gasteiger charge is -2.34. The summed E-state index contributed by atoms with van der Waals surface area (Å²) in [4.78, 5) is 35.1. The van der Waals surface area contributed by atoms with Gasteiger partial charge in [-0.05, 0) is 43.7 Å². The van der Waals surface area contributed by atoms with Crippen molar-refractivity contribution in [1.29, 1.82) is 0 Å². The Balaban J connectivity index is 1.45. The van der Waals surface area contributed by atoms with Crippen molar-refractivity contribution in [3.8, 4) is 0 Å². The van der Waals surface area contributed by atoms with Crippen molar-refractivity contribution in [2.45, 2.75) is 31.3 Å². The first-order chi connectivity index (χ1) is 16.7. The number of hydrogen-bond donors (Lipinski definition) is 2. The van der Waals surface area contributed by atoms with E-state index in [9.17, 15) is 18.0 Å². The van der Waals surface area contributed by atoms with Gasteiger partial charge in [-0.3, -0.25) is 14.3 Å². The molecule has 35 heavy (non-hydrogen) atoms. The molecule has 182 valence electrons. The molecule has 1 aliphatic rings. The summed E-state index contributed by atoms with van der Waals surface area (Å²) >= 11 is 0. The van der Waals surface area contributed by atoms with Crippen LogP contribution >= 0.6 is 0 Å². The predicted molar refractivity (Wildman–Crippen MR) is 129 cm³/mol. The average molecular weight is 496 g/mol. The van der Waals surface area contributed by atoms with E-state index >= 15 is 0 Å². The molecule has 3 aromatic rings. The predicted octanol–water partition coefficient (Wildman–Crippen LogP) is 2.26. The normalized spacial score (nSPS) is 16.1. The molecule has 0 aliphatic carbocycles. The Morgan fingerprint density at radius 2 is 1.80 bits per heavy atom. The summed E-state index contributed by atoms with van der Waals surface area (Å²) in [5.74, 6) is -0.0716. The van der Waals surface area contributed by atoms with Gasteiger partial charge in [0.25, 0.3) is 10.0 Å². The van der Waals surface area contributed by atoms with Gasteiger partial charge in [0.2, 0.25) is 11.8 Å². The van der Waals surface area contributed by atoms with Crippen LogP contribution in [0.25, 0.3) is 0 Å². The number of nitrogens with zero attached hydrogens (tertiary/aromatic N) is 3. The Morgan fingerprint density at radius 3 is 2.49 bits per heavy atom. The summed E-state index contributed by atoms with van der Waals surface area (Å²) in [6.07, 6.45) is 0. The number of benzene rings is 2. The number of rotatable bonds is 7. The maximum Gasteiger partial charge on any atom is 0.263 e. The van der Waals surface area contributed by atoms with E-state index in [1.807, 2.05) is 30.3 Å². The molecule has 2 N–H and O–H groups in total. The van der Waals surface area contributed by atoms with Crippen LogP contribution in [-0.2, 0) is 30.9 Å². The molecule has 4 rings (SSSR count). The van der Waals surface area contributed by atoms with Gasteiger partial charge in [0, 0.05) is 24.0 Å². The molecule has 11 heteroatoms. The number of morpholine rings is 1. The molecule has 1 unspecified atom stereocenters. The van der Waals surface area contributed by atoms with Crippen molar-refractivity contribution in [1.82, 2.24) is 14.9 Å². The van der Waals surface area contributed by atoms with Crippen molar-refractivity contribution in [2.75, 3.05) is 23.3 Å². The number of anilines is 2. The molecule has 1 atom stereocenters. The van der Waals surface area contributed by atoms with E-state index in [0.29, 0.717) is 17.2 Å². The summed E-state index contributed by atoms with van der Waals surface area (Å²) < 4.78 is 33.2. The maximum atomic E-state index is 13.0. The van der Waals surface area contributed by atoms with E-state index in [0.717, 1.165) is 5.56 Å². The zero-order chi connectivity index (χ0) is 25.0. The fourth-order valence-electron chi connectivity index (χ4n) is 3.71. The monoisotopic (exact) mass is 495 g/mol. The van der Waals surface area contributed by atoms with Crippen LogP contribution in [0.3, 0.4) is 0 Å². The van der Waals surface area contributed by atoms with Crippen molar-refractivity contribution in [2.24, 2.45) is 0 Å². The van der Waals surface area contributed by atoms with Gasteiger partial charge in [0.1, 0.15) is 24.3 Å². The quantitative estimate of drug-likeness (QED) is 0.514. The standard InChI is InChI=1S/C24H25N5O5S/c1-16-12-22(26-17(2)25-16)28-35(32,33)20-10-8-19(9-11-20)27-24(31)21-14-34-15-23(30)29(21)13-18-6-4-3-5-7-18/h3-12,21H,13-15H2,1-2H3,(H,27,31)(H,25,26,28). The van der Waals surface area contributed by atoms with E-state index in [2.05, 4.69) is 20.0 Å². The average Bonchev–Trinajstić information content (AvgIpc) is 2.80. The third-order valence-corrected chi connectivity index (χ3v) is 6.70. The second-order valence-electron chi connectivity index (χ2n) is 8.10. The fraction of sp³-hybridized carbons (Fsp3) is 0.250. The van der Waals surface area contributed by atoms with Crippen molar-refractivity contribution in [3.05, 3.63) is 77.7 Å². The van der Waals surface area contributed by atoms with Gasteiger partial charge in [-0.2, -0.15) is 0 Å². The summed E-state index contributed by atoms with van der Waals surface area (Å²) in [7, 11) is -3.89. The summed E-state index contributed by atoms with van der Waals surface area (Å²) in [5.41, 5.74) is 1.93. The van der Waals surface area contributed by atoms with Crippen LogP contribution in [0, 0.1) is 13.8 Å². The second-order valence-corrected chi connectivity index (χ2v) is 9.78. The van der Waals surface area contributed by atoms with E-state index in [4.69, 9.17) is 4.74 Å². The van der Waals surface area contributed by atoms with E-state index in [1.165, 1.54) is 35.2 Å². The third kappa shape index (κ3) is 6.00. The van der Waals surface area contributed by atoms with Gasteiger partial charge in [-0.15, -0.1) is 0 Å². The second kappa shape index (κ2) is 10.2. The molecule has 0 radical (unpaired) electrons. The highest BCUT2D eigenvalue weighted by atomic mass is 32.2. The number of hydrogen-bond acceptors (Lipinski definition) is 7. The first-order valence-electron chi connectivity index (χ1n) is 10.9. The molecular formula is C24H25N5O5S. The molecule has 10 nitrogen and oxygen atoms in total. The summed E-state index contributed by atoms with van der Waals surface area (Å²) in [6, 6.07) is 15.8. The number of nitrogens with one attached hydrogen (secondary N) is 2. The Bertz CT molecular complexity index is 1310. The lowest BCUT2D eigenvalue weighted by molar-refractivity contribution is -0.154. The maximum absolute atomic E-state index is 13.0. The molecule has 1 aliphatic heterocycles. The first-order valence-corrected chi connectivity index (χ1v) is 12.4. The highest BCUT2D eigenvalue weighted by Gasteiger charge is 2.34. The minimum absolute atomic E-state index is 0.00583. The van der Waals surface area contributed by atoms with Crippen molar-refractivity contribution < 1.29 is 22.7 Å². The Hall–Kier alpha value is -3.83. The molecule has 1 fully saturated rings. The lowest BCUT2D eigenvalue weighted by Crippen LogP contribution is -2.54. The Morgan fingerprint density at radius 1 is 1.09 bits per heavy atom. The molecule has 0 bridgehead atoms. The van der Waals surface area contributed by atoms with Crippen LogP contribution in [-0.4, -0.2) is 54.4 Å². The molecule has 2 aromatic carbocycles. The van der Waals surface area contributed by atoms with Crippen LogP contribution < -0.4 is 10.0 Å². The highest BCUT2D eigenvalue weighted by molar-refractivity contribution is 7.92. The number of ether oxygens (including phenoxy) is 1. The largest absolute Gasteiger partial charge is 0.369 e. The number of carbonyl (C=O) groups excluding carboxylic acids is 2. The van der Waals surface area contributed by atoms with E-state index in [-0.39, 0.29) is 36.4 Å². The van der Waals surface area contributed by atoms with Crippen molar-refractivity contribution in [3.63, 3.8) is 0 Å².